The van der Waals surface area contributed by atoms with Gasteiger partial charge in [0.1, 0.15) is 0 Å². The van der Waals surface area contributed by atoms with E-state index in [9.17, 15) is 0 Å². The summed E-state index contributed by atoms with van der Waals surface area (Å²) in [4.78, 5) is 0. The second-order valence-electron chi connectivity index (χ2n) is 1.25. The quantitative estimate of drug-likeness (QED) is 0.482. The molecule has 1 aromatic carbocycles. The maximum Gasteiger partial charge on any atom is 0.0644 e. The molecule has 1 heteroatoms. The molecule has 1 rings (SSSR count). The Labute approximate surface area is 45.6 Å². The molecule has 7 heavy (non-hydrogen) atoms. The van der Waals surface area contributed by atoms with Gasteiger partial charge in [-0.2, -0.15) is 0 Å². The second kappa shape index (κ2) is 1.65. The molecule has 0 unspecified atom stereocenters. The molecule has 0 bridgehead atoms. The lowest BCUT2D eigenvalue weighted by molar-refractivity contribution is 1.69. The predicted octanol–water partition coefficient (Wildman–Crippen LogP) is 1.27. The van der Waals surface area contributed by atoms with Crippen LogP contribution in [-0.4, -0.2) is 0 Å². The minimum absolute atomic E-state index is 0.109. The summed E-state index contributed by atoms with van der Waals surface area (Å²) in [5.74, 6) is 0. The first-order chi connectivity index (χ1) is 4.22. The van der Waals surface area contributed by atoms with Crippen molar-refractivity contribution in [1.29, 1.82) is 0 Å². The van der Waals surface area contributed by atoms with E-state index in [1.54, 1.807) is 18.2 Å². The molecule has 0 fully saturated rings. The van der Waals surface area contributed by atoms with Crippen LogP contribution in [0.15, 0.2) is 30.3 Å². The van der Waals surface area contributed by atoms with Crippen molar-refractivity contribution < 1.29 is 2.74 Å². The summed E-state index contributed by atoms with van der Waals surface area (Å²) in [5, 5.41) is 0. The first kappa shape index (κ1) is 2.36. The summed E-state index contributed by atoms with van der Waals surface area (Å²) in [6.07, 6.45) is 0. The van der Waals surface area contributed by atoms with Crippen LogP contribution in [0.25, 0.3) is 0 Å². The monoisotopic (exact) mass is 95.1 g/mol. The standard InChI is InChI=1S/C6H7N/c7-6-4-2-1-3-5-6/h1-5H,7H2/i2D,4D. The van der Waals surface area contributed by atoms with E-state index in [-0.39, 0.29) is 12.1 Å². The van der Waals surface area contributed by atoms with Gasteiger partial charge in [0.05, 0.1) is 2.74 Å². The fourth-order valence-corrected chi connectivity index (χ4v) is 0.367. The van der Waals surface area contributed by atoms with Crippen LogP contribution in [0.5, 0.6) is 0 Å². The third kappa shape index (κ3) is 0.929. The molecule has 0 radical (unpaired) electrons. The molecule has 0 aromatic heterocycles. The topological polar surface area (TPSA) is 26.0 Å². The van der Waals surface area contributed by atoms with Gasteiger partial charge in [0.15, 0.2) is 0 Å². The Morgan fingerprint density at radius 3 is 3.00 bits per heavy atom. The number of hydrogen-bond acceptors (Lipinski definition) is 1. The Morgan fingerprint density at radius 1 is 1.57 bits per heavy atom. The Morgan fingerprint density at radius 2 is 2.43 bits per heavy atom. The lowest BCUT2D eigenvalue weighted by Gasteiger charge is -1.83. The highest BCUT2D eigenvalue weighted by atomic mass is 14.5. The van der Waals surface area contributed by atoms with Crippen LogP contribution in [0.1, 0.15) is 2.74 Å². The van der Waals surface area contributed by atoms with E-state index in [4.69, 9.17) is 8.48 Å². The van der Waals surface area contributed by atoms with Crippen molar-refractivity contribution in [3.8, 4) is 0 Å². The van der Waals surface area contributed by atoms with E-state index in [1.807, 2.05) is 0 Å². The second-order valence-corrected chi connectivity index (χ2v) is 1.25. The average Bonchev–Trinajstić information content (AvgIpc) is 1.83. The summed E-state index contributed by atoms with van der Waals surface area (Å²) in [6, 6.07) is 5.10. The van der Waals surface area contributed by atoms with Crippen LogP contribution in [0.2, 0.25) is 0 Å². The predicted molar refractivity (Wildman–Crippen MR) is 30.9 cm³/mol. The molecule has 0 amide bonds. The lowest BCUT2D eigenvalue weighted by atomic mass is 10.3. The van der Waals surface area contributed by atoms with Gasteiger partial charge in [0, 0.05) is 5.69 Å². The van der Waals surface area contributed by atoms with Gasteiger partial charge < -0.3 is 5.73 Å². The molecule has 0 spiro atoms. The minimum atomic E-state index is 0.109. The van der Waals surface area contributed by atoms with Crippen LogP contribution in [0.3, 0.4) is 0 Å². The average molecular weight is 95.1 g/mol. The minimum Gasteiger partial charge on any atom is -0.399 e. The smallest absolute Gasteiger partial charge is 0.0644 e. The van der Waals surface area contributed by atoms with Gasteiger partial charge in [0.2, 0.25) is 0 Å². The van der Waals surface area contributed by atoms with Gasteiger partial charge in [-0.1, -0.05) is 18.2 Å². The molecular formula is C6H7N. The van der Waals surface area contributed by atoms with Crippen molar-refractivity contribution in [2.75, 3.05) is 5.73 Å². The number of para-hydroxylation sites is 1. The van der Waals surface area contributed by atoms with Crippen LogP contribution in [0, 0.1) is 0 Å². The Kier molecular flexibility index (Phi) is 0.555. The maximum absolute atomic E-state index is 7.13. The summed E-state index contributed by atoms with van der Waals surface area (Å²) in [5.41, 5.74) is 5.68. The number of benzene rings is 1. The van der Waals surface area contributed by atoms with E-state index in [0.29, 0.717) is 5.69 Å². The van der Waals surface area contributed by atoms with Crippen molar-refractivity contribution in [3.05, 3.63) is 30.3 Å². The molecular weight excluding hydrogens is 86.1 g/mol. The third-order valence-electron chi connectivity index (χ3n) is 0.672. The van der Waals surface area contributed by atoms with Crippen molar-refractivity contribution in [3.63, 3.8) is 0 Å². The molecule has 0 aliphatic heterocycles. The molecule has 0 saturated heterocycles. The van der Waals surface area contributed by atoms with E-state index in [2.05, 4.69) is 0 Å². The number of nitrogens with two attached hydrogens (primary N) is 1. The van der Waals surface area contributed by atoms with Gasteiger partial charge in [-0.3, -0.25) is 0 Å². The van der Waals surface area contributed by atoms with Crippen LogP contribution in [0.4, 0.5) is 5.69 Å². The van der Waals surface area contributed by atoms with Gasteiger partial charge in [-0.15, -0.1) is 0 Å². The van der Waals surface area contributed by atoms with Crippen LogP contribution < -0.4 is 5.73 Å². The van der Waals surface area contributed by atoms with E-state index >= 15 is 0 Å². The Balaban J connectivity index is 3.25. The summed E-state index contributed by atoms with van der Waals surface area (Å²) in [7, 11) is 0. The normalized spacial score (nSPS) is 12.6. The highest BCUT2D eigenvalue weighted by Gasteiger charge is 1.72. The van der Waals surface area contributed by atoms with E-state index in [0.717, 1.165) is 0 Å². The SMILES string of the molecule is [2H]c1cccc(N)c1[2H]. The third-order valence-corrected chi connectivity index (χ3v) is 0.672. The van der Waals surface area contributed by atoms with Crippen molar-refractivity contribution in [2.45, 2.75) is 0 Å². The molecule has 0 aliphatic rings. The van der Waals surface area contributed by atoms with E-state index in [1.165, 1.54) is 0 Å². The molecule has 2 N–H and O–H groups in total. The first-order valence-corrected chi connectivity index (χ1v) is 2.03. The van der Waals surface area contributed by atoms with Gasteiger partial charge in [-0.25, -0.2) is 0 Å². The fourth-order valence-electron chi connectivity index (χ4n) is 0.367. The van der Waals surface area contributed by atoms with Crippen molar-refractivity contribution in [1.82, 2.24) is 0 Å². The van der Waals surface area contributed by atoms with Crippen LogP contribution in [-0.2, 0) is 0 Å². The largest absolute Gasteiger partial charge is 0.399 e. The number of hydrogen-bond donors (Lipinski definition) is 1. The maximum atomic E-state index is 7.13. The van der Waals surface area contributed by atoms with Gasteiger partial charge in [-0.05, 0) is 12.1 Å². The highest BCUT2D eigenvalue weighted by molar-refractivity contribution is 5.35. The Hall–Kier alpha value is -0.980. The zero-order valence-corrected chi connectivity index (χ0v) is 3.81. The number of anilines is 1. The van der Waals surface area contributed by atoms with Crippen LogP contribution >= 0.6 is 0 Å². The van der Waals surface area contributed by atoms with Crippen molar-refractivity contribution >= 4 is 5.69 Å². The summed E-state index contributed by atoms with van der Waals surface area (Å²) < 4.78 is 14.2. The lowest BCUT2D eigenvalue weighted by Crippen LogP contribution is -1.79. The Bertz CT molecular complexity index is 202. The van der Waals surface area contributed by atoms with Crippen molar-refractivity contribution in [2.24, 2.45) is 0 Å². The highest BCUT2D eigenvalue weighted by Crippen LogP contribution is 1.95. The van der Waals surface area contributed by atoms with Gasteiger partial charge >= 0.3 is 0 Å². The molecule has 1 nitrogen and oxygen atoms in total. The summed E-state index contributed by atoms with van der Waals surface area (Å²) in [6.45, 7) is 0. The van der Waals surface area contributed by atoms with Gasteiger partial charge in [0.25, 0.3) is 0 Å². The number of nitrogen functional groups attached to an aromatic ring is 1. The first-order valence-electron chi connectivity index (χ1n) is 3.03. The number of rotatable bonds is 0. The molecule has 0 heterocycles. The molecule has 0 atom stereocenters. The fraction of sp³-hybridized carbons (Fsp3) is 0. The van der Waals surface area contributed by atoms with E-state index < -0.39 is 0 Å². The molecule has 1 aromatic rings. The zero-order chi connectivity index (χ0) is 6.85. The summed E-state index contributed by atoms with van der Waals surface area (Å²) >= 11 is 0. The molecule has 0 aliphatic carbocycles. The molecule has 0 saturated carbocycles. The molecule has 36 valence electrons. The zero-order valence-electron chi connectivity index (χ0n) is 5.81.